The van der Waals surface area contributed by atoms with Crippen molar-refractivity contribution in [2.24, 2.45) is 0 Å². The minimum absolute atomic E-state index is 0.102. The zero-order valence-electron chi connectivity index (χ0n) is 18.9. The van der Waals surface area contributed by atoms with Crippen LogP contribution in [0.4, 0.5) is 4.39 Å². The lowest BCUT2D eigenvalue weighted by atomic mass is 10.0. The molecule has 1 atom stereocenters. The predicted octanol–water partition coefficient (Wildman–Crippen LogP) is 4.20. The molecule has 0 spiro atoms. The Bertz CT molecular complexity index is 1370. The van der Waals surface area contributed by atoms with Crippen LogP contribution in [0.25, 0.3) is 22.2 Å². The van der Waals surface area contributed by atoms with E-state index in [-0.39, 0.29) is 24.1 Å². The summed E-state index contributed by atoms with van der Waals surface area (Å²) in [5.74, 6) is -0.493. The number of benzene rings is 2. The molecular weight excluding hydrogens is 419 g/mol. The highest BCUT2D eigenvalue weighted by molar-refractivity contribution is 5.94. The van der Waals surface area contributed by atoms with Gasteiger partial charge in [-0.25, -0.2) is 9.07 Å². The molecule has 0 aliphatic carbocycles. The molecule has 1 fully saturated rings. The highest BCUT2D eigenvalue weighted by Crippen LogP contribution is 2.29. The molecule has 0 aromatic heterocycles. The first-order valence-corrected chi connectivity index (χ1v) is 11.4. The van der Waals surface area contributed by atoms with Gasteiger partial charge in [0.2, 0.25) is 5.91 Å². The average Bonchev–Trinajstić information content (AvgIpc) is 3.09. The van der Waals surface area contributed by atoms with Crippen molar-refractivity contribution in [3.8, 4) is 11.3 Å². The average molecular weight is 447 g/mol. The Morgan fingerprint density at radius 2 is 2.03 bits per heavy atom. The minimum atomic E-state index is -0.391. The first kappa shape index (κ1) is 21.4. The third-order valence-corrected chi connectivity index (χ3v) is 6.59. The van der Waals surface area contributed by atoms with Crippen molar-refractivity contribution in [1.29, 1.82) is 0 Å². The van der Waals surface area contributed by atoms with E-state index in [9.17, 15) is 14.0 Å². The van der Waals surface area contributed by atoms with Crippen molar-refractivity contribution in [3.63, 3.8) is 0 Å². The van der Waals surface area contributed by atoms with Gasteiger partial charge in [0.05, 0.1) is 11.1 Å². The standard InChI is InChI=1S/C26H27FN4O2/c1-17-6-5-8-19(12-17)14-29-15-22-25(21-13-20(27)9-10-23(21)29)28-31(26(22)33)16-24(32)30-11-4-3-7-18(30)2/h5-6,8-10,12-13,15,18H,3-4,7,11,14,16H2,1-2H3/t18-/m0/s1. The number of fused-ring (bicyclic) bond motifs is 3. The quantitative estimate of drug-likeness (QED) is 0.472. The van der Waals surface area contributed by atoms with Gasteiger partial charge in [-0.2, -0.15) is 5.10 Å². The molecular formula is C26H27FN4O2. The fraction of sp³-hybridized carbons (Fsp3) is 0.346. The summed E-state index contributed by atoms with van der Waals surface area (Å²) in [6, 6.07) is 12.8. The van der Waals surface area contributed by atoms with Crippen LogP contribution < -0.4 is 5.56 Å². The smallest absolute Gasteiger partial charge is 0.278 e. The number of hydrogen-bond donors (Lipinski definition) is 0. The molecule has 33 heavy (non-hydrogen) atoms. The second kappa shape index (κ2) is 8.46. The van der Waals surface area contributed by atoms with E-state index in [1.54, 1.807) is 12.3 Å². The summed E-state index contributed by atoms with van der Waals surface area (Å²) in [7, 11) is 0. The molecule has 3 aliphatic heterocycles. The first-order valence-electron chi connectivity index (χ1n) is 11.4. The molecule has 0 radical (unpaired) electrons. The molecule has 0 N–H and O–H groups in total. The molecule has 1 amide bonds. The van der Waals surface area contributed by atoms with Gasteiger partial charge in [0, 0.05) is 30.7 Å². The number of rotatable bonds is 4. The lowest BCUT2D eigenvalue weighted by Crippen LogP contribution is -2.44. The molecule has 3 aliphatic rings. The molecule has 6 nitrogen and oxygen atoms in total. The van der Waals surface area contributed by atoms with Gasteiger partial charge in [-0.05, 0) is 56.9 Å². The maximum Gasteiger partial charge on any atom is 0.278 e. The van der Waals surface area contributed by atoms with Crippen molar-refractivity contribution in [2.75, 3.05) is 6.54 Å². The van der Waals surface area contributed by atoms with E-state index in [2.05, 4.69) is 11.2 Å². The van der Waals surface area contributed by atoms with Gasteiger partial charge in [0.15, 0.2) is 0 Å². The van der Waals surface area contributed by atoms with Gasteiger partial charge in [0.25, 0.3) is 5.56 Å². The predicted molar refractivity (Wildman–Crippen MR) is 126 cm³/mol. The Morgan fingerprint density at radius 1 is 1.18 bits per heavy atom. The second-order valence-electron chi connectivity index (χ2n) is 9.06. The van der Waals surface area contributed by atoms with Crippen molar-refractivity contribution >= 4 is 16.8 Å². The number of aromatic nitrogens is 3. The monoisotopic (exact) mass is 446 g/mol. The molecule has 2 aromatic rings. The fourth-order valence-corrected chi connectivity index (χ4v) is 4.88. The van der Waals surface area contributed by atoms with Gasteiger partial charge in [-0.15, -0.1) is 0 Å². The molecule has 0 unspecified atom stereocenters. The maximum atomic E-state index is 14.2. The van der Waals surface area contributed by atoms with E-state index in [0.29, 0.717) is 29.7 Å². The second-order valence-corrected chi connectivity index (χ2v) is 9.06. The highest BCUT2D eigenvalue weighted by Gasteiger charge is 2.26. The molecule has 1 saturated heterocycles. The Hall–Kier alpha value is -3.48. The molecule has 3 heterocycles. The SMILES string of the molecule is Cc1cccc(Cn2cc3c(=O)n(CC(=O)N4CCCC[C@@H]4C)nc-3c3cc(F)ccc32)c1. The molecule has 0 saturated carbocycles. The van der Waals surface area contributed by atoms with E-state index in [1.165, 1.54) is 16.8 Å². The Labute approximate surface area is 191 Å². The van der Waals surface area contributed by atoms with Crippen LogP contribution in [0.5, 0.6) is 0 Å². The zero-order valence-corrected chi connectivity index (χ0v) is 18.9. The van der Waals surface area contributed by atoms with Crippen molar-refractivity contribution in [1.82, 2.24) is 19.2 Å². The van der Waals surface area contributed by atoms with Crippen LogP contribution in [-0.2, 0) is 17.9 Å². The summed E-state index contributed by atoms with van der Waals surface area (Å²) in [4.78, 5) is 28.0. The van der Waals surface area contributed by atoms with Crippen LogP contribution in [-0.4, -0.2) is 37.7 Å². The lowest BCUT2D eigenvalue weighted by Gasteiger charge is -2.33. The molecule has 0 bridgehead atoms. The van der Waals surface area contributed by atoms with E-state index in [0.717, 1.165) is 35.9 Å². The number of pyridine rings is 1. The summed E-state index contributed by atoms with van der Waals surface area (Å²) >= 11 is 0. The van der Waals surface area contributed by atoms with Gasteiger partial charge in [0.1, 0.15) is 18.1 Å². The summed E-state index contributed by atoms with van der Waals surface area (Å²) in [5.41, 5.74) is 3.50. The summed E-state index contributed by atoms with van der Waals surface area (Å²) in [5, 5.41) is 5.04. The van der Waals surface area contributed by atoms with Crippen LogP contribution in [0.15, 0.2) is 53.5 Å². The van der Waals surface area contributed by atoms with Crippen LogP contribution in [0.1, 0.15) is 37.3 Å². The third kappa shape index (κ3) is 4.03. The van der Waals surface area contributed by atoms with Crippen LogP contribution in [0, 0.1) is 12.7 Å². The Kier molecular flexibility index (Phi) is 5.48. The topological polar surface area (TPSA) is 60.1 Å². The minimum Gasteiger partial charge on any atom is -0.342 e. The molecule has 2 aromatic carbocycles. The van der Waals surface area contributed by atoms with E-state index in [1.807, 2.05) is 41.5 Å². The molecule has 170 valence electrons. The first-order chi connectivity index (χ1) is 15.9. The van der Waals surface area contributed by atoms with Gasteiger partial charge < -0.3 is 9.47 Å². The van der Waals surface area contributed by atoms with Crippen molar-refractivity contribution < 1.29 is 9.18 Å². The van der Waals surface area contributed by atoms with E-state index < -0.39 is 5.82 Å². The Balaban J connectivity index is 1.59. The zero-order chi connectivity index (χ0) is 23.1. The van der Waals surface area contributed by atoms with Crippen molar-refractivity contribution in [3.05, 3.63) is 76.0 Å². The number of nitrogens with zero attached hydrogens (tertiary/aromatic N) is 4. The normalized spacial score (nSPS) is 16.6. The fourth-order valence-electron chi connectivity index (χ4n) is 4.88. The summed E-state index contributed by atoms with van der Waals surface area (Å²) < 4.78 is 17.4. The third-order valence-electron chi connectivity index (χ3n) is 6.59. The van der Waals surface area contributed by atoms with E-state index >= 15 is 0 Å². The van der Waals surface area contributed by atoms with Crippen LogP contribution in [0.2, 0.25) is 0 Å². The lowest BCUT2D eigenvalue weighted by molar-refractivity contribution is -0.135. The Morgan fingerprint density at radius 3 is 2.82 bits per heavy atom. The van der Waals surface area contributed by atoms with Gasteiger partial charge in [-0.1, -0.05) is 29.8 Å². The number of amides is 1. The number of carbonyl (C=O) groups is 1. The van der Waals surface area contributed by atoms with Crippen LogP contribution in [0.3, 0.4) is 0 Å². The number of hydrogen-bond acceptors (Lipinski definition) is 3. The number of likely N-dealkylation sites (tertiary alicyclic amines) is 1. The highest BCUT2D eigenvalue weighted by atomic mass is 19.1. The number of piperidine rings is 1. The van der Waals surface area contributed by atoms with Crippen molar-refractivity contribution in [2.45, 2.75) is 52.2 Å². The molecule has 7 heteroatoms. The number of carbonyl (C=O) groups excluding carboxylic acids is 1. The van der Waals surface area contributed by atoms with Gasteiger partial charge >= 0.3 is 0 Å². The van der Waals surface area contributed by atoms with Gasteiger partial charge in [-0.3, -0.25) is 9.59 Å². The number of halogens is 1. The summed E-state index contributed by atoms with van der Waals surface area (Å²) in [6.45, 7) is 5.21. The van der Waals surface area contributed by atoms with E-state index in [4.69, 9.17) is 0 Å². The molecule has 5 rings (SSSR count). The van der Waals surface area contributed by atoms with Crippen LogP contribution >= 0.6 is 0 Å². The number of aryl methyl sites for hydroxylation is 1. The maximum absolute atomic E-state index is 14.2. The largest absolute Gasteiger partial charge is 0.342 e. The summed E-state index contributed by atoms with van der Waals surface area (Å²) in [6.07, 6.45) is 4.84.